The van der Waals surface area contributed by atoms with Crippen LogP contribution in [0.3, 0.4) is 0 Å². The smallest absolute Gasteiger partial charge is 0.319 e. The molecule has 0 aromatic carbocycles. The lowest BCUT2D eigenvalue weighted by molar-refractivity contribution is -0.144. The van der Waals surface area contributed by atoms with Crippen molar-refractivity contribution in [3.05, 3.63) is 24.1 Å². The van der Waals surface area contributed by atoms with Crippen molar-refractivity contribution in [2.24, 2.45) is 5.92 Å². The molecular weight excluding hydrogens is 209 g/mol. The van der Waals surface area contributed by atoms with Crippen LogP contribution in [0.25, 0.3) is 0 Å². The van der Waals surface area contributed by atoms with E-state index in [9.17, 15) is 9.18 Å². The summed E-state index contributed by atoms with van der Waals surface area (Å²) in [5.41, 5.74) is -0.332. The third-order valence-electron chi connectivity index (χ3n) is 1.65. The minimum absolute atomic E-state index is 0. The number of rotatable bonds is 2. The quantitative estimate of drug-likeness (QED) is 0.723. The maximum atomic E-state index is 12.8. The summed E-state index contributed by atoms with van der Waals surface area (Å²) in [5.74, 6) is -2.14. The van der Waals surface area contributed by atoms with Gasteiger partial charge in [0, 0.05) is 0 Å². The SMILES string of the molecule is CCOC(=O)C1C=CC=C(F)C1=N.Cl. The molecule has 0 heterocycles. The fraction of sp³-hybridized carbons (Fsp3) is 0.333. The molecule has 3 nitrogen and oxygen atoms in total. The normalized spacial score (nSPS) is 19.7. The number of nitrogens with one attached hydrogen (secondary N) is 1. The summed E-state index contributed by atoms with van der Waals surface area (Å²) in [6.45, 7) is 1.90. The van der Waals surface area contributed by atoms with Crippen LogP contribution in [0, 0.1) is 11.3 Å². The number of carbonyl (C=O) groups excluding carboxylic acids is 1. The van der Waals surface area contributed by atoms with Crippen molar-refractivity contribution in [2.45, 2.75) is 6.92 Å². The molecule has 5 heteroatoms. The molecule has 1 unspecified atom stereocenters. The molecule has 0 fully saturated rings. The highest BCUT2D eigenvalue weighted by Gasteiger charge is 2.26. The van der Waals surface area contributed by atoms with Crippen LogP contribution < -0.4 is 0 Å². The van der Waals surface area contributed by atoms with Crippen LogP contribution >= 0.6 is 12.4 Å². The molecule has 0 aromatic heterocycles. The van der Waals surface area contributed by atoms with Gasteiger partial charge in [-0.25, -0.2) is 4.39 Å². The van der Waals surface area contributed by atoms with Gasteiger partial charge >= 0.3 is 5.97 Å². The van der Waals surface area contributed by atoms with Crippen molar-refractivity contribution < 1.29 is 13.9 Å². The summed E-state index contributed by atoms with van der Waals surface area (Å²) >= 11 is 0. The second kappa shape index (κ2) is 5.54. The highest BCUT2D eigenvalue weighted by atomic mass is 35.5. The van der Waals surface area contributed by atoms with Crippen LogP contribution in [0.15, 0.2) is 24.1 Å². The van der Waals surface area contributed by atoms with Crippen molar-refractivity contribution >= 4 is 24.1 Å². The molecule has 78 valence electrons. The van der Waals surface area contributed by atoms with Gasteiger partial charge in [0.05, 0.1) is 12.3 Å². The lowest BCUT2D eigenvalue weighted by atomic mass is 9.98. The average Bonchev–Trinajstić information content (AvgIpc) is 2.10. The summed E-state index contributed by atoms with van der Waals surface area (Å²) in [7, 11) is 0. The van der Waals surface area contributed by atoms with Gasteiger partial charge in [0.25, 0.3) is 0 Å². The van der Waals surface area contributed by atoms with Gasteiger partial charge in [0.1, 0.15) is 11.7 Å². The van der Waals surface area contributed by atoms with Crippen LogP contribution in [-0.2, 0) is 9.53 Å². The van der Waals surface area contributed by atoms with Crippen molar-refractivity contribution in [1.29, 1.82) is 5.41 Å². The first-order chi connectivity index (χ1) is 6.16. The van der Waals surface area contributed by atoms with Crippen molar-refractivity contribution in [3.8, 4) is 0 Å². The number of hydrogen-bond donors (Lipinski definition) is 1. The van der Waals surface area contributed by atoms with Gasteiger partial charge in [-0.2, -0.15) is 0 Å². The zero-order chi connectivity index (χ0) is 9.84. The van der Waals surface area contributed by atoms with E-state index in [4.69, 9.17) is 5.41 Å². The Bertz CT molecular complexity index is 299. The molecule has 0 aromatic rings. The zero-order valence-electron chi connectivity index (χ0n) is 7.62. The second-order valence-corrected chi connectivity index (χ2v) is 2.54. The molecule has 0 saturated heterocycles. The minimum Gasteiger partial charge on any atom is -0.465 e. The molecule has 1 N–H and O–H groups in total. The topological polar surface area (TPSA) is 50.2 Å². The molecule has 0 radical (unpaired) electrons. The van der Waals surface area contributed by atoms with Crippen LogP contribution in [-0.4, -0.2) is 18.3 Å². The van der Waals surface area contributed by atoms with Gasteiger partial charge in [0.2, 0.25) is 0 Å². The predicted octanol–water partition coefficient (Wildman–Crippen LogP) is 2.03. The van der Waals surface area contributed by atoms with Crippen molar-refractivity contribution in [3.63, 3.8) is 0 Å². The number of esters is 1. The first kappa shape index (κ1) is 12.8. The van der Waals surface area contributed by atoms with Gasteiger partial charge in [-0.15, -0.1) is 12.4 Å². The van der Waals surface area contributed by atoms with Crippen LogP contribution in [0.4, 0.5) is 4.39 Å². The lowest BCUT2D eigenvalue weighted by Gasteiger charge is -2.13. The first-order valence-corrected chi connectivity index (χ1v) is 3.96. The Kier molecular flexibility index (Phi) is 5.09. The number of allylic oxidation sites excluding steroid dienone is 3. The first-order valence-electron chi connectivity index (χ1n) is 3.96. The van der Waals surface area contributed by atoms with E-state index in [2.05, 4.69) is 4.74 Å². The van der Waals surface area contributed by atoms with E-state index in [1.165, 1.54) is 12.2 Å². The van der Waals surface area contributed by atoms with E-state index in [0.29, 0.717) is 0 Å². The maximum Gasteiger partial charge on any atom is 0.319 e. The number of ether oxygens (including phenoxy) is 1. The van der Waals surface area contributed by atoms with Gasteiger partial charge in [-0.1, -0.05) is 12.2 Å². The number of hydrogen-bond acceptors (Lipinski definition) is 3. The zero-order valence-corrected chi connectivity index (χ0v) is 8.44. The highest BCUT2D eigenvalue weighted by Crippen LogP contribution is 2.17. The standard InChI is InChI=1S/C9H10FNO2.ClH/c1-2-13-9(12)6-4-3-5-7(10)8(6)11;/h3-6,11H,2H2,1H3;1H. The predicted molar refractivity (Wildman–Crippen MR) is 53.4 cm³/mol. The molecule has 1 atom stereocenters. The van der Waals surface area contributed by atoms with E-state index in [1.807, 2.05) is 0 Å². The molecule has 14 heavy (non-hydrogen) atoms. The third kappa shape index (κ3) is 2.67. The van der Waals surface area contributed by atoms with Gasteiger partial charge < -0.3 is 10.1 Å². The molecule has 0 amide bonds. The highest BCUT2D eigenvalue weighted by molar-refractivity contribution is 6.11. The lowest BCUT2D eigenvalue weighted by Crippen LogP contribution is -2.25. The molecule has 1 aliphatic rings. The Hall–Kier alpha value is -1.16. The number of halogens is 2. The maximum absolute atomic E-state index is 12.8. The van der Waals surface area contributed by atoms with E-state index in [1.54, 1.807) is 6.92 Å². The Morgan fingerprint density at radius 2 is 2.36 bits per heavy atom. The average molecular weight is 220 g/mol. The molecular formula is C9H11ClFNO2. The van der Waals surface area contributed by atoms with Gasteiger partial charge in [0.15, 0.2) is 0 Å². The Morgan fingerprint density at radius 1 is 1.71 bits per heavy atom. The number of carbonyl (C=O) groups is 1. The Morgan fingerprint density at radius 3 is 2.93 bits per heavy atom. The van der Waals surface area contributed by atoms with E-state index in [-0.39, 0.29) is 24.7 Å². The third-order valence-corrected chi connectivity index (χ3v) is 1.65. The summed E-state index contributed by atoms with van der Waals surface area (Å²) in [6, 6.07) is 0. The summed E-state index contributed by atoms with van der Waals surface area (Å²) < 4.78 is 17.5. The summed E-state index contributed by atoms with van der Waals surface area (Å²) in [6.07, 6.45) is 4.01. The van der Waals surface area contributed by atoms with Crippen molar-refractivity contribution in [1.82, 2.24) is 0 Å². The minimum atomic E-state index is -0.884. The molecule has 0 spiro atoms. The molecule has 1 rings (SSSR count). The van der Waals surface area contributed by atoms with E-state index < -0.39 is 17.7 Å². The van der Waals surface area contributed by atoms with Crippen LogP contribution in [0.2, 0.25) is 0 Å². The molecule has 0 aliphatic heterocycles. The summed E-state index contributed by atoms with van der Waals surface area (Å²) in [4.78, 5) is 11.1. The van der Waals surface area contributed by atoms with Crippen LogP contribution in [0.1, 0.15) is 6.92 Å². The van der Waals surface area contributed by atoms with Gasteiger partial charge in [-0.05, 0) is 13.0 Å². The van der Waals surface area contributed by atoms with Crippen LogP contribution in [0.5, 0.6) is 0 Å². The Labute approximate surface area is 87.6 Å². The molecule has 0 bridgehead atoms. The van der Waals surface area contributed by atoms with E-state index in [0.717, 1.165) is 6.08 Å². The fourth-order valence-corrected chi connectivity index (χ4v) is 1.01. The molecule has 0 saturated carbocycles. The molecule has 1 aliphatic carbocycles. The summed E-state index contributed by atoms with van der Waals surface area (Å²) in [5, 5.41) is 7.27. The fourth-order valence-electron chi connectivity index (χ4n) is 1.01. The monoisotopic (exact) mass is 219 g/mol. The van der Waals surface area contributed by atoms with Crippen molar-refractivity contribution in [2.75, 3.05) is 6.61 Å². The Balaban J connectivity index is 0.00000169. The second-order valence-electron chi connectivity index (χ2n) is 2.54. The van der Waals surface area contributed by atoms with E-state index >= 15 is 0 Å². The largest absolute Gasteiger partial charge is 0.465 e. The van der Waals surface area contributed by atoms with Gasteiger partial charge in [-0.3, -0.25) is 4.79 Å².